The highest BCUT2D eigenvalue weighted by Gasteiger charge is 2.36. The summed E-state index contributed by atoms with van der Waals surface area (Å²) in [6.45, 7) is 8.95. The summed E-state index contributed by atoms with van der Waals surface area (Å²) in [6.07, 6.45) is 3.62. The fourth-order valence-corrected chi connectivity index (χ4v) is 4.78. The van der Waals surface area contributed by atoms with Crippen LogP contribution in [-0.2, 0) is 25.0 Å². The maximum Gasteiger partial charge on any atom is 0.160 e. The highest BCUT2D eigenvalue weighted by molar-refractivity contribution is 5.43. The SMILES string of the molecule is CCCN(CCCC(C#N)(c1ccc(CO)c(CO)c1)C(C)C)CCc1ccc(OC)c(OC)c1. The van der Waals surface area contributed by atoms with Gasteiger partial charge in [0.1, 0.15) is 0 Å². The minimum Gasteiger partial charge on any atom is -0.493 e. The predicted octanol–water partition coefficient (Wildman–Crippen LogP) is 4.84. The molecule has 1 atom stereocenters. The lowest BCUT2D eigenvalue weighted by Crippen LogP contribution is -2.34. The first-order valence-corrected chi connectivity index (χ1v) is 12.6. The molecule has 0 spiro atoms. The van der Waals surface area contributed by atoms with Crippen LogP contribution in [0.1, 0.15) is 62.3 Å². The third-order valence-electron chi connectivity index (χ3n) is 7.00. The lowest BCUT2D eigenvalue weighted by Gasteiger charge is -2.33. The second-order valence-electron chi connectivity index (χ2n) is 9.42. The van der Waals surface area contributed by atoms with Crippen molar-refractivity contribution in [1.29, 1.82) is 5.26 Å². The second kappa shape index (κ2) is 14.1. The summed E-state index contributed by atoms with van der Waals surface area (Å²) in [5.74, 6) is 1.60. The van der Waals surface area contributed by atoms with Gasteiger partial charge in [-0.1, -0.05) is 45.0 Å². The van der Waals surface area contributed by atoms with Gasteiger partial charge < -0.3 is 24.6 Å². The molecule has 0 aromatic heterocycles. The van der Waals surface area contributed by atoms with Gasteiger partial charge in [0.25, 0.3) is 0 Å². The molecule has 0 radical (unpaired) electrons. The van der Waals surface area contributed by atoms with Crippen LogP contribution >= 0.6 is 0 Å². The summed E-state index contributed by atoms with van der Waals surface area (Å²) >= 11 is 0. The molecule has 192 valence electrons. The van der Waals surface area contributed by atoms with Gasteiger partial charge >= 0.3 is 0 Å². The average Bonchev–Trinajstić information content (AvgIpc) is 2.88. The molecule has 35 heavy (non-hydrogen) atoms. The Hall–Kier alpha value is -2.59. The van der Waals surface area contributed by atoms with Crippen molar-refractivity contribution >= 4 is 0 Å². The third-order valence-corrected chi connectivity index (χ3v) is 7.00. The number of benzene rings is 2. The van der Waals surface area contributed by atoms with Crippen LogP contribution in [-0.4, -0.2) is 49.0 Å². The summed E-state index contributed by atoms with van der Waals surface area (Å²) < 4.78 is 10.8. The number of hydrogen-bond acceptors (Lipinski definition) is 6. The smallest absolute Gasteiger partial charge is 0.160 e. The van der Waals surface area contributed by atoms with Crippen molar-refractivity contribution < 1.29 is 19.7 Å². The molecular formula is C29H42N2O4. The van der Waals surface area contributed by atoms with E-state index in [1.54, 1.807) is 14.2 Å². The fourth-order valence-electron chi connectivity index (χ4n) is 4.78. The number of rotatable bonds is 15. The zero-order valence-electron chi connectivity index (χ0n) is 22.0. The van der Waals surface area contributed by atoms with Crippen LogP contribution in [0, 0.1) is 17.2 Å². The Morgan fingerprint density at radius 3 is 2.23 bits per heavy atom. The molecule has 6 nitrogen and oxygen atoms in total. The molecule has 2 aromatic rings. The first-order chi connectivity index (χ1) is 16.9. The molecule has 0 saturated heterocycles. The van der Waals surface area contributed by atoms with E-state index in [0.717, 1.165) is 62.4 Å². The van der Waals surface area contributed by atoms with Crippen molar-refractivity contribution in [3.63, 3.8) is 0 Å². The molecule has 0 aliphatic heterocycles. The number of nitrogens with zero attached hydrogens (tertiary/aromatic N) is 2. The molecular weight excluding hydrogens is 440 g/mol. The Kier molecular flexibility index (Phi) is 11.5. The van der Waals surface area contributed by atoms with Gasteiger partial charge in [0, 0.05) is 6.54 Å². The zero-order chi connectivity index (χ0) is 25.8. The number of hydrogen-bond donors (Lipinski definition) is 2. The molecule has 0 bridgehead atoms. The molecule has 1 unspecified atom stereocenters. The Morgan fingerprint density at radius 1 is 0.943 bits per heavy atom. The Labute approximate surface area is 211 Å². The summed E-state index contributed by atoms with van der Waals surface area (Å²) in [6, 6.07) is 14.4. The van der Waals surface area contributed by atoms with E-state index in [2.05, 4.69) is 37.8 Å². The van der Waals surface area contributed by atoms with Gasteiger partial charge in [0.2, 0.25) is 0 Å². The van der Waals surface area contributed by atoms with E-state index >= 15 is 0 Å². The van der Waals surface area contributed by atoms with Gasteiger partial charge in [0.15, 0.2) is 11.5 Å². The molecule has 6 heteroatoms. The van der Waals surface area contributed by atoms with E-state index in [1.165, 1.54) is 5.56 Å². The number of aliphatic hydroxyl groups excluding tert-OH is 2. The van der Waals surface area contributed by atoms with Crippen molar-refractivity contribution in [2.45, 2.75) is 65.1 Å². The molecule has 0 fully saturated rings. The molecule has 0 aliphatic rings. The minimum absolute atomic E-state index is 0.116. The topological polar surface area (TPSA) is 86.0 Å². The van der Waals surface area contributed by atoms with Gasteiger partial charge in [-0.05, 0) is 79.1 Å². The van der Waals surface area contributed by atoms with Crippen molar-refractivity contribution in [2.24, 2.45) is 5.92 Å². The first kappa shape index (κ1) is 28.6. The fraction of sp³-hybridized carbons (Fsp3) is 0.552. The van der Waals surface area contributed by atoms with Crippen LogP contribution in [0.3, 0.4) is 0 Å². The van der Waals surface area contributed by atoms with Gasteiger partial charge in [-0.25, -0.2) is 0 Å². The van der Waals surface area contributed by atoms with E-state index in [-0.39, 0.29) is 19.1 Å². The van der Waals surface area contributed by atoms with Gasteiger partial charge in [-0.2, -0.15) is 5.26 Å². The highest BCUT2D eigenvalue weighted by atomic mass is 16.5. The highest BCUT2D eigenvalue weighted by Crippen LogP contribution is 2.37. The monoisotopic (exact) mass is 482 g/mol. The second-order valence-corrected chi connectivity index (χ2v) is 9.42. The number of nitriles is 1. The van der Waals surface area contributed by atoms with E-state index in [9.17, 15) is 15.5 Å². The van der Waals surface area contributed by atoms with Gasteiger partial charge in [-0.15, -0.1) is 0 Å². The number of ether oxygens (including phenoxy) is 2. The van der Waals surface area contributed by atoms with Crippen LogP contribution in [0.5, 0.6) is 11.5 Å². The molecule has 2 rings (SSSR count). The number of aliphatic hydroxyl groups is 2. The first-order valence-electron chi connectivity index (χ1n) is 12.6. The summed E-state index contributed by atoms with van der Waals surface area (Å²) in [5, 5.41) is 29.6. The standard InChI is InChI=1S/C29H42N2O4/c1-6-14-31(16-12-23-8-11-27(34-4)28(17-23)35-5)15-7-13-29(21-30,22(2)3)26-10-9-24(19-32)25(18-26)20-33/h8-11,17-18,22,32-33H,6-7,12-16,19-20H2,1-5H3. The van der Waals surface area contributed by atoms with Gasteiger partial charge in [-0.3, -0.25) is 0 Å². The van der Waals surface area contributed by atoms with E-state index < -0.39 is 5.41 Å². The van der Waals surface area contributed by atoms with Crippen molar-refractivity contribution in [3.8, 4) is 17.6 Å². The normalized spacial score (nSPS) is 13.0. The molecule has 0 amide bonds. The molecule has 2 aromatic carbocycles. The maximum absolute atomic E-state index is 10.3. The molecule has 0 heterocycles. The largest absolute Gasteiger partial charge is 0.493 e. The molecule has 2 N–H and O–H groups in total. The van der Waals surface area contributed by atoms with Gasteiger partial charge in [0.05, 0.1) is 38.9 Å². The lowest BCUT2D eigenvalue weighted by molar-refractivity contribution is 0.252. The van der Waals surface area contributed by atoms with E-state index in [4.69, 9.17) is 9.47 Å². The van der Waals surface area contributed by atoms with Crippen LogP contribution in [0.15, 0.2) is 36.4 Å². The van der Waals surface area contributed by atoms with Crippen molar-refractivity contribution in [1.82, 2.24) is 4.90 Å². The quantitative estimate of drug-likeness (QED) is 0.378. The van der Waals surface area contributed by atoms with Crippen LogP contribution in [0.2, 0.25) is 0 Å². The van der Waals surface area contributed by atoms with Crippen LogP contribution < -0.4 is 9.47 Å². The summed E-state index contributed by atoms with van der Waals surface area (Å²) in [7, 11) is 3.30. The number of methoxy groups -OCH3 is 2. The summed E-state index contributed by atoms with van der Waals surface area (Å²) in [4.78, 5) is 2.47. The zero-order valence-corrected chi connectivity index (χ0v) is 22.0. The predicted molar refractivity (Wildman–Crippen MR) is 140 cm³/mol. The van der Waals surface area contributed by atoms with Crippen LogP contribution in [0.25, 0.3) is 0 Å². The molecule has 0 aliphatic carbocycles. The third kappa shape index (κ3) is 7.20. The maximum atomic E-state index is 10.3. The average molecular weight is 483 g/mol. The Bertz CT molecular complexity index is 970. The van der Waals surface area contributed by atoms with Crippen molar-refractivity contribution in [3.05, 3.63) is 58.7 Å². The van der Waals surface area contributed by atoms with E-state index in [0.29, 0.717) is 11.1 Å². The molecule has 0 saturated carbocycles. The van der Waals surface area contributed by atoms with E-state index in [1.807, 2.05) is 30.3 Å². The Morgan fingerprint density at radius 2 is 1.66 bits per heavy atom. The minimum atomic E-state index is -0.640. The van der Waals surface area contributed by atoms with Crippen molar-refractivity contribution in [2.75, 3.05) is 33.9 Å². The Balaban J connectivity index is 2.11. The lowest BCUT2D eigenvalue weighted by atomic mass is 9.69. The summed E-state index contributed by atoms with van der Waals surface area (Å²) in [5.41, 5.74) is 2.88. The van der Waals surface area contributed by atoms with Crippen LogP contribution in [0.4, 0.5) is 0 Å².